The van der Waals surface area contributed by atoms with Gasteiger partial charge in [0.15, 0.2) is 11.6 Å². The highest BCUT2D eigenvalue weighted by atomic mass is 79.9. The van der Waals surface area contributed by atoms with E-state index in [1.807, 2.05) is 0 Å². The van der Waals surface area contributed by atoms with E-state index in [2.05, 4.69) is 30.6 Å². The number of aromatic nitrogens is 2. The van der Waals surface area contributed by atoms with Crippen LogP contribution in [0.25, 0.3) is 11.4 Å². The summed E-state index contributed by atoms with van der Waals surface area (Å²) >= 11 is 4.52. The Kier molecular flexibility index (Phi) is 3.49. The SMILES string of the molecule is COC(=O)c1cc(-c2ncc(F)cn2)c(Br)s1. The van der Waals surface area contributed by atoms with Crippen LogP contribution >= 0.6 is 27.3 Å². The van der Waals surface area contributed by atoms with Crippen LogP contribution in [0, 0.1) is 5.82 Å². The van der Waals surface area contributed by atoms with Crippen LogP contribution in [0.2, 0.25) is 0 Å². The van der Waals surface area contributed by atoms with E-state index in [1.165, 1.54) is 18.4 Å². The molecule has 0 bridgehead atoms. The molecular formula is C10H6BrFN2O2S. The van der Waals surface area contributed by atoms with Crippen LogP contribution in [0.15, 0.2) is 22.2 Å². The summed E-state index contributed by atoms with van der Waals surface area (Å²) in [5, 5.41) is 0. The van der Waals surface area contributed by atoms with E-state index in [9.17, 15) is 9.18 Å². The van der Waals surface area contributed by atoms with Crippen molar-refractivity contribution in [3.63, 3.8) is 0 Å². The molecule has 0 aromatic carbocycles. The van der Waals surface area contributed by atoms with Crippen molar-refractivity contribution in [3.8, 4) is 11.4 Å². The molecule has 0 radical (unpaired) electrons. The van der Waals surface area contributed by atoms with Gasteiger partial charge >= 0.3 is 5.97 Å². The predicted octanol–water partition coefficient (Wildman–Crippen LogP) is 2.89. The maximum absolute atomic E-state index is 12.7. The molecule has 0 amide bonds. The number of ether oxygens (including phenoxy) is 1. The third-order valence-corrected chi connectivity index (χ3v) is 3.75. The molecule has 0 atom stereocenters. The van der Waals surface area contributed by atoms with E-state index in [1.54, 1.807) is 6.07 Å². The molecule has 2 aromatic rings. The lowest BCUT2D eigenvalue weighted by Gasteiger charge is -1.95. The molecule has 17 heavy (non-hydrogen) atoms. The summed E-state index contributed by atoms with van der Waals surface area (Å²) in [7, 11) is 1.31. The van der Waals surface area contributed by atoms with Crippen molar-refractivity contribution in [1.82, 2.24) is 9.97 Å². The predicted molar refractivity (Wildman–Crippen MR) is 64.3 cm³/mol. The van der Waals surface area contributed by atoms with E-state index in [4.69, 9.17) is 0 Å². The van der Waals surface area contributed by atoms with E-state index < -0.39 is 11.8 Å². The fraction of sp³-hybridized carbons (Fsp3) is 0.100. The van der Waals surface area contributed by atoms with Crippen molar-refractivity contribution in [1.29, 1.82) is 0 Å². The lowest BCUT2D eigenvalue weighted by Crippen LogP contribution is -1.97. The molecule has 2 aromatic heterocycles. The van der Waals surface area contributed by atoms with Crippen molar-refractivity contribution < 1.29 is 13.9 Å². The molecule has 7 heteroatoms. The average molecular weight is 317 g/mol. The van der Waals surface area contributed by atoms with Crippen molar-refractivity contribution in [2.75, 3.05) is 7.11 Å². The van der Waals surface area contributed by atoms with Gasteiger partial charge in [-0.3, -0.25) is 0 Å². The zero-order valence-electron chi connectivity index (χ0n) is 8.61. The number of halogens is 2. The Balaban J connectivity index is 2.42. The van der Waals surface area contributed by atoms with Crippen molar-refractivity contribution in [2.24, 2.45) is 0 Å². The second-order valence-electron chi connectivity index (χ2n) is 3.01. The summed E-state index contributed by atoms with van der Waals surface area (Å²) in [6.07, 6.45) is 2.15. The number of nitrogens with zero attached hydrogens (tertiary/aromatic N) is 2. The van der Waals surface area contributed by atoms with E-state index >= 15 is 0 Å². The molecule has 2 heterocycles. The second kappa shape index (κ2) is 4.89. The van der Waals surface area contributed by atoms with Crippen molar-refractivity contribution >= 4 is 33.2 Å². The molecule has 0 aliphatic rings. The standard InChI is InChI=1S/C10H6BrFN2O2S/c1-16-10(15)7-2-6(8(11)17-7)9-13-3-5(12)4-14-9/h2-4H,1H3. The van der Waals surface area contributed by atoms with Crippen LogP contribution in [0.5, 0.6) is 0 Å². The third-order valence-electron chi connectivity index (χ3n) is 1.93. The molecule has 0 saturated carbocycles. The molecule has 0 N–H and O–H groups in total. The van der Waals surface area contributed by atoms with Crippen LogP contribution in [-0.2, 0) is 4.74 Å². The molecule has 0 unspecified atom stereocenters. The lowest BCUT2D eigenvalue weighted by atomic mass is 10.3. The number of rotatable bonds is 2. The quantitative estimate of drug-likeness (QED) is 0.799. The zero-order chi connectivity index (χ0) is 12.4. The maximum atomic E-state index is 12.7. The van der Waals surface area contributed by atoms with E-state index in [0.717, 1.165) is 12.4 Å². The van der Waals surface area contributed by atoms with Gasteiger partial charge in [-0.2, -0.15) is 0 Å². The van der Waals surface area contributed by atoms with Crippen LogP contribution in [0.3, 0.4) is 0 Å². The van der Waals surface area contributed by atoms with Gasteiger partial charge in [-0.15, -0.1) is 11.3 Å². The highest BCUT2D eigenvalue weighted by molar-refractivity contribution is 9.11. The molecule has 2 rings (SSSR count). The minimum absolute atomic E-state index is 0.352. The minimum atomic E-state index is -0.506. The summed E-state index contributed by atoms with van der Waals surface area (Å²) < 4.78 is 18.0. The number of hydrogen-bond acceptors (Lipinski definition) is 5. The van der Waals surface area contributed by atoms with Gasteiger partial charge in [0.05, 0.1) is 23.3 Å². The third kappa shape index (κ3) is 2.50. The molecule has 4 nitrogen and oxygen atoms in total. The van der Waals surface area contributed by atoms with Crippen LogP contribution in [0.4, 0.5) is 4.39 Å². The maximum Gasteiger partial charge on any atom is 0.348 e. The minimum Gasteiger partial charge on any atom is -0.465 e. The summed E-state index contributed by atoms with van der Waals surface area (Å²) in [6, 6.07) is 1.60. The van der Waals surface area contributed by atoms with Gasteiger partial charge in [0.25, 0.3) is 0 Å². The Bertz CT molecular complexity index is 556. The lowest BCUT2D eigenvalue weighted by molar-refractivity contribution is 0.0606. The largest absolute Gasteiger partial charge is 0.465 e. The number of hydrogen-bond donors (Lipinski definition) is 0. The highest BCUT2D eigenvalue weighted by Crippen LogP contribution is 2.34. The van der Waals surface area contributed by atoms with Gasteiger partial charge in [-0.05, 0) is 22.0 Å². The summed E-state index contributed by atoms with van der Waals surface area (Å²) in [5.41, 5.74) is 0.635. The van der Waals surface area contributed by atoms with Crippen molar-refractivity contribution in [3.05, 3.63) is 32.9 Å². The number of carbonyl (C=O) groups excluding carboxylic acids is 1. The molecular weight excluding hydrogens is 311 g/mol. The smallest absolute Gasteiger partial charge is 0.348 e. The Hall–Kier alpha value is -1.34. The number of carbonyl (C=O) groups is 1. The first kappa shape index (κ1) is 12.1. The first-order chi connectivity index (χ1) is 8.11. The first-order valence-electron chi connectivity index (χ1n) is 4.47. The molecule has 0 fully saturated rings. The normalized spacial score (nSPS) is 10.3. The van der Waals surface area contributed by atoms with E-state index in [-0.39, 0.29) is 0 Å². The van der Waals surface area contributed by atoms with Crippen LogP contribution < -0.4 is 0 Å². The summed E-state index contributed by atoms with van der Waals surface area (Å²) in [4.78, 5) is 19.5. The number of esters is 1. The van der Waals surface area contributed by atoms with Crippen LogP contribution in [0.1, 0.15) is 9.67 Å². The van der Waals surface area contributed by atoms with Gasteiger partial charge in [-0.25, -0.2) is 19.2 Å². The first-order valence-corrected chi connectivity index (χ1v) is 6.08. The molecule has 0 aliphatic carbocycles. The van der Waals surface area contributed by atoms with Crippen molar-refractivity contribution in [2.45, 2.75) is 0 Å². The van der Waals surface area contributed by atoms with Crippen LogP contribution in [-0.4, -0.2) is 23.0 Å². The number of methoxy groups -OCH3 is 1. The van der Waals surface area contributed by atoms with Gasteiger partial charge in [0, 0.05) is 5.56 Å². The molecule has 0 aliphatic heterocycles. The highest BCUT2D eigenvalue weighted by Gasteiger charge is 2.16. The van der Waals surface area contributed by atoms with Gasteiger partial charge < -0.3 is 4.74 Å². The fourth-order valence-corrected chi connectivity index (χ4v) is 2.79. The second-order valence-corrected chi connectivity index (χ2v) is 5.38. The molecule has 0 spiro atoms. The molecule has 0 saturated heterocycles. The fourth-order valence-electron chi connectivity index (χ4n) is 1.17. The van der Waals surface area contributed by atoms with Gasteiger partial charge in [0.1, 0.15) is 4.88 Å². The Morgan fingerprint density at radius 1 is 1.47 bits per heavy atom. The Morgan fingerprint density at radius 3 is 2.71 bits per heavy atom. The Labute approximate surface area is 109 Å². The summed E-state index contributed by atoms with van der Waals surface area (Å²) in [6.45, 7) is 0. The molecule has 88 valence electrons. The monoisotopic (exact) mass is 316 g/mol. The summed E-state index contributed by atoms with van der Waals surface area (Å²) in [5.74, 6) is -0.581. The topological polar surface area (TPSA) is 52.1 Å². The van der Waals surface area contributed by atoms with Gasteiger partial charge in [-0.1, -0.05) is 0 Å². The van der Waals surface area contributed by atoms with E-state index in [0.29, 0.717) is 20.1 Å². The zero-order valence-corrected chi connectivity index (χ0v) is 11.0. The number of thiophene rings is 1. The van der Waals surface area contributed by atoms with Gasteiger partial charge in [0.2, 0.25) is 0 Å². The Morgan fingerprint density at radius 2 is 2.12 bits per heavy atom. The average Bonchev–Trinajstić information content (AvgIpc) is 2.71.